The number of para-hydroxylation sites is 3. The van der Waals surface area contributed by atoms with E-state index in [0.29, 0.717) is 34.8 Å². The lowest BCUT2D eigenvalue weighted by Crippen LogP contribution is -2.13. The summed E-state index contributed by atoms with van der Waals surface area (Å²) in [6.45, 7) is 17.9. The molecule has 0 aliphatic heterocycles. The summed E-state index contributed by atoms with van der Waals surface area (Å²) in [5.74, 6) is 3.48. The van der Waals surface area contributed by atoms with Crippen LogP contribution in [0.3, 0.4) is 0 Å². The molecule has 0 fully saturated rings. The number of halogens is 1. The monoisotopic (exact) mass is 1120 g/mol. The first-order valence-electron chi connectivity index (χ1n) is 26.7. The Morgan fingerprint density at radius 2 is 1.11 bits per heavy atom. The second-order valence-corrected chi connectivity index (χ2v) is 21.6. The van der Waals surface area contributed by atoms with Crippen LogP contribution in [0.2, 0.25) is 0 Å². The molecular formula is C69H64BrN8S+. The molecule has 392 valence electrons. The Morgan fingerprint density at radius 3 is 1.77 bits per heavy atom. The number of hydrogen-bond acceptors (Lipinski definition) is 5. The van der Waals surface area contributed by atoms with Crippen molar-refractivity contribution in [2.75, 3.05) is 6.26 Å². The van der Waals surface area contributed by atoms with Crippen molar-refractivity contribution in [2.24, 2.45) is 11.8 Å². The van der Waals surface area contributed by atoms with Gasteiger partial charge in [-0.2, -0.15) is 23.2 Å². The van der Waals surface area contributed by atoms with Crippen molar-refractivity contribution >= 4 is 77.9 Å². The molecule has 1 aliphatic carbocycles. The van der Waals surface area contributed by atoms with Gasteiger partial charge in [-0.3, -0.25) is 4.57 Å². The second kappa shape index (κ2) is 24.4. The lowest BCUT2D eigenvalue weighted by atomic mass is 9.88. The number of rotatable bonds is 9. The summed E-state index contributed by atoms with van der Waals surface area (Å²) in [4.78, 5) is 12.8. The number of hydrogen-bond donors (Lipinski definition) is 2. The van der Waals surface area contributed by atoms with Crippen LogP contribution < -0.4 is 0 Å². The number of aromatic amines is 1. The lowest BCUT2D eigenvalue weighted by molar-refractivity contribution is 0.748. The quantitative estimate of drug-likeness (QED) is 0.111. The molecule has 0 amide bonds. The number of imidazole rings is 2. The topological polar surface area (TPSA) is 104 Å². The maximum Gasteiger partial charge on any atom is 0.166 e. The van der Waals surface area contributed by atoms with Gasteiger partial charge in [0.1, 0.15) is 17.5 Å². The molecule has 0 saturated carbocycles. The molecule has 7 aromatic carbocycles. The van der Waals surface area contributed by atoms with Crippen molar-refractivity contribution in [3.05, 3.63) is 233 Å². The molecule has 10 heteroatoms. The zero-order valence-corrected chi connectivity index (χ0v) is 48.6. The van der Waals surface area contributed by atoms with Crippen molar-refractivity contribution in [3.8, 4) is 46.3 Å². The first-order valence-corrected chi connectivity index (χ1v) is 28.4. The van der Waals surface area contributed by atoms with Gasteiger partial charge in [0.25, 0.3) is 0 Å². The third-order valence-corrected chi connectivity index (χ3v) is 14.7. The molecular weight excluding hydrogens is 1050 g/mol. The Hall–Kier alpha value is -8.50. The number of nitriles is 2. The van der Waals surface area contributed by atoms with Gasteiger partial charge in [0.15, 0.2) is 11.5 Å². The van der Waals surface area contributed by atoms with Gasteiger partial charge in [0.05, 0.1) is 51.6 Å². The van der Waals surface area contributed by atoms with Gasteiger partial charge in [-0.25, -0.2) is 14.5 Å². The van der Waals surface area contributed by atoms with E-state index >= 15 is 0 Å². The Kier molecular flexibility index (Phi) is 17.1. The molecule has 0 bridgehead atoms. The Bertz CT molecular complexity index is 4150. The van der Waals surface area contributed by atoms with Crippen molar-refractivity contribution < 1.29 is 0 Å². The number of fused-ring (bicyclic) bond motifs is 6. The van der Waals surface area contributed by atoms with Crippen LogP contribution >= 0.6 is 28.6 Å². The summed E-state index contributed by atoms with van der Waals surface area (Å²) in [5.41, 5.74) is 16.4. The van der Waals surface area contributed by atoms with Gasteiger partial charge in [0.2, 0.25) is 0 Å². The van der Waals surface area contributed by atoms with E-state index in [1.54, 1.807) is 6.26 Å². The molecule has 1 N–H and O–H groups in total. The van der Waals surface area contributed by atoms with Gasteiger partial charge in [-0.15, -0.1) is 0 Å². The fraction of sp³-hybridized carbons (Fsp3) is 0.188. The van der Waals surface area contributed by atoms with E-state index in [0.717, 1.165) is 60.4 Å². The number of H-pyrrole nitrogens is 1. The van der Waals surface area contributed by atoms with Crippen LogP contribution in [0.15, 0.2) is 204 Å². The average molecular weight is 1120 g/mol. The van der Waals surface area contributed by atoms with Crippen molar-refractivity contribution in [2.45, 2.75) is 67.2 Å². The van der Waals surface area contributed by atoms with E-state index in [-0.39, 0.29) is 0 Å². The summed E-state index contributed by atoms with van der Waals surface area (Å²) in [5, 5.41) is 23.1. The van der Waals surface area contributed by atoms with Crippen LogP contribution in [0.1, 0.15) is 89.5 Å². The normalized spacial score (nSPS) is 12.0. The van der Waals surface area contributed by atoms with Crippen molar-refractivity contribution in [1.29, 1.82) is 10.5 Å². The SMILES string of the molecule is CC(C)C1=[C+]C=CC(C(C)C)=C1n1ccnc1-c1cccc(Br)c1.CC(C)c1cccc(C(C)C)c1-n1ccnc1-c1cccc(-n2c3ccccc3c3ccc(C#N)cc32)c1.CS.N#Cc1ccc2c(c1)[nH]c1ccccc12. The Morgan fingerprint density at radius 1 is 0.544 bits per heavy atom. The van der Waals surface area contributed by atoms with E-state index in [9.17, 15) is 5.26 Å². The predicted octanol–water partition coefficient (Wildman–Crippen LogP) is 18.6. The summed E-state index contributed by atoms with van der Waals surface area (Å²) in [6.07, 6.45) is 17.3. The summed E-state index contributed by atoms with van der Waals surface area (Å²) in [6, 6.07) is 56.1. The number of aromatic nitrogens is 6. The van der Waals surface area contributed by atoms with Crippen LogP contribution in [0.5, 0.6) is 0 Å². The number of nitrogens with zero attached hydrogens (tertiary/aromatic N) is 7. The molecule has 8 nitrogen and oxygen atoms in total. The number of benzene rings is 7. The first kappa shape index (κ1) is 55.3. The molecule has 79 heavy (non-hydrogen) atoms. The standard InChI is InChI=1S/C34H30N4.C21H22BrN2.C13H8N2.CH4S/c1-22(2)27-12-8-13-28(23(3)4)33(27)37-18-17-36-34(37)25-9-7-10-26(20-25)38-31-14-6-5-11-29(31)30-16-15-24(21-35)19-32(30)38;1-14(2)18-9-6-10-19(15(3)4)20(18)24-12-11-23-21(24)16-7-5-8-17(22)13-16;14-8-9-5-6-11-10-3-1-2-4-12(10)15-13(11)7-9;1-2/h5-20,22-23H,1-4H3;5-9,11-15H,1-4H3;1-7,15H;2H,1H3/q;+1;;. The maximum absolute atomic E-state index is 9.59. The lowest BCUT2D eigenvalue weighted by Gasteiger charge is -2.22. The Labute approximate surface area is 478 Å². The fourth-order valence-electron chi connectivity index (χ4n) is 10.5. The van der Waals surface area contributed by atoms with Crippen molar-refractivity contribution in [3.63, 3.8) is 0 Å². The highest BCUT2D eigenvalue weighted by molar-refractivity contribution is 9.10. The highest BCUT2D eigenvalue weighted by Gasteiger charge is 2.30. The smallest absolute Gasteiger partial charge is 0.166 e. The summed E-state index contributed by atoms with van der Waals surface area (Å²) in [7, 11) is 0. The molecule has 4 aromatic heterocycles. The minimum atomic E-state index is 0.386. The zero-order chi connectivity index (χ0) is 55.9. The molecule has 4 heterocycles. The molecule has 1 aliphatic rings. The molecule has 0 saturated heterocycles. The first-order chi connectivity index (χ1) is 38.3. The minimum absolute atomic E-state index is 0.386. The van der Waals surface area contributed by atoms with Gasteiger partial charge < -0.3 is 9.55 Å². The Balaban J connectivity index is 0.000000157. The molecule has 0 spiro atoms. The van der Waals surface area contributed by atoms with Crippen molar-refractivity contribution in [1.82, 2.24) is 28.7 Å². The number of nitrogens with one attached hydrogen (secondary N) is 1. The third-order valence-electron chi connectivity index (χ3n) is 14.2. The summed E-state index contributed by atoms with van der Waals surface area (Å²) < 4.78 is 7.78. The van der Waals surface area contributed by atoms with E-state index in [1.165, 1.54) is 49.8 Å². The van der Waals surface area contributed by atoms with Gasteiger partial charge >= 0.3 is 0 Å². The zero-order valence-electron chi connectivity index (χ0n) is 46.2. The third kappa shape index (κ3) is 11.3. The van der Waals surface area contributed by atoms with E-state index in [1.807, 2.05) is 79.1 Å². The van der Waals surface area contributed by atoms with Crippen LogP contribution in [0.25, 0.3) is 83.5 Å². The number of thiol groups is 1. The highest BCUT2D eigenvalue weighted by atomic mass is 79.9. The van der Waals surface area contributed by atoms with E-state index in [2.05, 4.69) is 235 Å². The van der Waals surface area contributed by atoms with Crippen LogP contribution in [-0.2, 0) is 0 Å². The van der Waals surface area contributed by atoms with Crippen LogP contribution in [0.4, 0.5) is 0 Å². The average Bonchev–Trinajstić information content (AvgIpc) is 4.52. The predicted molar refractivity (Wildman–Crippen MR) is 336 cm³/mol. The second-order valence-electron chi connectivity index (χ2n) is 20.6. The summed E-state index contributed by atoms with van der Waals surface area (Å²) >= 11 is 7.09. The molecule has 0 atom stereocenters. The van der Waals surface area contributed by atoms with Gasteiger partial charge in [-0.05, 0) is 89.9 Å². The van der Waals surface area contributed by atoms with Gasteiger partial charge in [0, 0.05) is 96.6 Å². The fourth-order valence-corrected chi connectivity index (χ4v) is 10.9. The van der Waals surface area contributed by atoms with E-state index < -0.39 is 0 Å². The maximum atomic E-state index is 9.59. The molecule has 12 rings (SSSR count). The largest absolute Gasteiger partial charge is 0.354 e. The van der Waals surface area contributed by atoms with Gasteiger partial charge in [-0.1, -0.05) is 162 Å². The molecule has 0 unspecified atom stereocenters. The highest BCUT2D eigenvalue weighted by Crippen LogP contribution is 2.39. The van der Waals surface area contributed by atoms with E-state index in [4.69, 9.17) is 10.2 Å². The van der Waals surface area contributed by atoms with Crippen LogP contribution in [-0.4, -0.2) is 34.9 Å². The molecule has 11 aromatic rings. The molecule has 0 radical (unpaired) electrons. The van der Waals surface area contributed by atoms with Crippen LogP contribution in [0, 0.1) is 40.6 Å². The minimum Gasteiger partial charge on any atom is -0.354 e. The number of allylic oxidation sites excluding steroid dienone is 6.